The molecule has 0 heterocycles. The van der Waals surface area contributed by atoms with Crippen molar-refractivity contribution in [3.8, 4) is 0 Å². The van der Waals surface area contributed by atoms with E-state index in [2.05, 4.69) is 41.3 Å². The molecule has 0 radical (unpaired) electrons. The third-order valence-electron chi connectivity index (χ3n) is 6.51. The summed E-state index contributed by atoms with van der Waals surface area (Å²) in [5.41, 5.74) is 7.65. The summed E-state index contributed by atoms with van der Waals surface area (Å²) in [5, 5.41) is 0.922. The molecule has 3 rings (SSSR count). The zero-order valence-corrected chi connectivity index (χ0v) is 17.0. The SMILES string of the molecule is CC(=O)N(CCc1ccccc1)[C@H]1CC[C@](CN)(C2C=CC=C(Cl)C2)CC1. The zero-order valence-electron chi connectivity index (χ0n) is 16.2. The molecular weight excluding hydrogens is 356 g/mol. The summed E-state index contributed by atoms with van der Waals surface area (Å²) in [6.07, 6.45) is 12.3. The first kappa shape index (κ1) is 20.2. The Hall–Kier alpha value is -1.58. The standard InChI is InChI=1S/C23H31ClN2O/c1-18(27)26(15-12-19-6-3-2-4-7-19)22-10-13-23(17-25,14-11-22)20-8-5-9-21(24)16-20/h2-9,20,22H,10-17,25H2,1H3/t20?,22-,23-. The second-order valence-electron chi connectivity index (χ2n) is 8.05. The second-order valence-corrected chi connectivity index (χ2v) is 8.54. The van der Waals surface area contributed by atoms with Crippen LogP contribution in [0.1, 0.15) is 44.6 Å². The Morgan fingerprint density at radius 1 is 1.26 bits per heavy atom. The number of nitrogens with two attached hydrogens (primary N) is 1. The molecule has 2 aliphatic carbocycles. The number of hydrogen-bond donors (Lipinski definition) is 1. The number of benzene rings is 1. The maximum atomic E-state index is 12.3. The van der Waals surface area contributed by atoms with Crippen LogP contribution in [-0.2, 0) is 11.2 Å². The lowest BCUT2D eigenvalue weighted by atomic mass is 9.63. The number of rotatable bonds is 6. The van der Waals surface area contributed by atoms with Crippen molar-refractivity contribution in [2.75, 3.05) is 13.1 Å². The third-order valence-corrected chi connectivity index (χ3v) is 6.79. The van der Waals surface area contributed by atoms with Crippen molar-refractivity contribution in [2.45, 2.75) is 51.5 Å². The smallest absolute Gasteiger partial charge is 0.219 e. The summed E-state index contributed by atoms with van der Waals surface area (Å²) in [6.45, 7) is 3.17. The summed E-state index contributed by atoms with van der Waals surface area (Å²) in [7, 11) is 0. The average Bonchev–Trinajstić information content (AvgIpc) is 2.69. The van der Waals surface area contributed by atoms with Gasteiger partial charge in [0.25, 0.3) is 0 Å². The van der Waals surface area contributed by atoms with Gasteiger partial charge in [-0.15, -0.1) is 0 Å². The molecule has 1 amide bonds. The number of allylic oxidation sites excluding steroid dienone is 4. The molecule has 4 heteroatoms. The molecular formula is C23H31ClN2O. The Morgan fingerprint density at radius 2 is 1.96 bits per heavy atom. The van der Waals surface area contributed by atoms with E-state index in [1.54, 1.807) is 6.92 Å². The van der Waals surface area contributed by atoms with Crippen molar-refractivity contribution in [2.24, 2.45) is 17.1 Å². The van der Waals surface area contributed by atoms with Gasteiger partial charge in [-0.05, 0) is 68.0 Å². The van der Waals surface area contributed by atoms with Gasteiger partial charge in [0.1, 0.15) is 0 Å². The van der Waals surface area contributed by atoms with Crippen molar-refractivity contribution in [1.82, 2.24) is 4.90 Å². The Labute approximate surface area is 168 Å². The van der Waals surface area contributed by atoms with Crippen LogP contribution < -0.4 is 5.73 Å². The molecule has 2 N–H and O–H groups in total. The Kier molecular flexibility index (Phi) is 6.78. The van der Waals surface area contributed by atoms with Crippen molar-refractivity contribution in [3.63, 3.8) is 0 Å². The van der Waals surface area contributed by atoms with Crippen molar-refractivity contribution in [3.05, 3.63) is 59.2 Å². The molecule has 27 heavy (non-hydrogen) atoms. The highest BCUT2D eigenvalue weighted by Crippen LogP contribution is 2.47. The van der Waals surface area contributed by atoms with Crippen LogP contribution in [0.15, 0.2) is 53.6 Å². The molecule has 1 atom stereocenters. The molecule has 1 aromatic carbocycles. The molecule has 1 saturated carbocycles. The molecule has 1 fully saturated rings. The summed E-state index contributed by atoms with van der Waals surface area (Å²) in [6, 6.07) is 10.7. The van der Waals surface area contributed by atoms with Gasteiger partial charge in [-0.25, -0.2) is 0 Å². The summed E-state index contributed by atoms with van der Waals surface area (Å²) in [4.78, 5) is 14.4. The lowest BCUT2D eigenvalue weighted by Gasteiger charge is -2.47. The van der Waals surface area contributed by atoms with E-state index in [-0.39, 0.29) is 11.3 Å². The fraction of sp³-hybridized carbons (Fsp3) is 0.522. The third kappa shape index (κ3) is 4.83. The van der Waals surface area contributed by atoms with Crippen LogP contribution in [0, 0.1) is 11.3 Å². The maximum absolute atomic E-state index is 12.3. The van der Waals surface area contributed by atoms with Crippen molar-refractivity contribution in [1.29, 1.82) is 0 Å². The molecule has 0 aromatic heterocycles. The molecule has 2 aliphatic rings. The highest BCUT2D eigenvalue weighted by molar-refractivity contribution is 6.29. The number of halogens is 1. The van der Waals surface area contributed by atoms with E-state index < -0.39 is 0 Å². The van der Waals surface area contributed by atoms with E-state index in [1.807, 2.05) is 12.1 Å². The minimum atomic E-state index is 0.114. The lowest BCUT2D eigenvalue weighted by Crippen LogP contribution is -2.48. The van der Waals surface area contributed by atoms with Gasteiger partial charge in [-0.2, -0.15) is 0 Å². The summed E-state index contributed by atoms with van der Waals surface area (Å²) < 4.78 is 0. The Balaban J connectivity index is 1.62. The van der Waals surface area contributed by atoms with Crippen molar-refractivity contribution < 1.29 is 4.79 Å². The maximum Gasteiger partial charge on any atom is 0.219 e. The lowest BCUT2D eigenvalue weighted by molar-refractivity contribution is -0.132. The predicted octanol–water partition coefficient (Wildman–Crippen LogP) is 4.66. The predicted molar refractivity (Wildman–Crippen MR) is 112 cm³/mol. The average molecular weight is 387 g/mol. The Morgan fingerprint density at radius 3 is 2.56 bits per heavy atom. The van der Waals surface area contributed by atoms with Crippen LogP contribution in [0.5, 0.6) is 0 Å². The number of hydrogen-bond acceptors (Lipinski definition) is 2. The Bertz CT molecular complexity index is 690. The number of carbonyl (C=O) groups excluding carboxylic acids is 1. The van der Waals surface area contributed by atoms with E-state index in [0.717, 1.165) is 50.1 Å². The van der Waals surface area contributed by atoms with Crippen LogP contribution in [0.2, 0.25) is 0 Å². The quantitative estimate of drug-likeness (QED) is 0.772. The fourth-order valence-corrected chi connectivity index (χ4v) is 5.01. The van der Waals surface area contributed by atoms with Gasteiger partial charge in [0.2, 0.25) is 5.91 Å². The first-order valence-corrected chi connectivity index (χ1v) is 10.5. The topological polar surface area (TPSA) is 46.3 Å². The summed E-state index contributed by atoms with van der Waals surface area (Å²) >= 11 is 6.29. The fourth-order valence-electron chi connectivity index (χ4n) is 4.77. The van der Waals surface area contributed by atoms with Crippen LogP contribution in [0.3, 0.4) is 0 Å². The first-order chi connectivity index (χ1) is 13.0. The molecule has 0 bridgehead atoms. The van der Waals surface area contributed by atoms with Gasteiger partial charge in [-0.1, -0.05) is 54.1 Å². The number of nitrogens with zero attached hydrogens (tertiary/aromatic N) is 1. The zero-order chi connectivity index (χ0) is 19.3. The van der Waals surface area contributed by atoms with E-state index in [9.17, 15) is 4.79 Å². The first-order valence-electron chi connectivity index (χ1n) is 10.1. The number of amides is 1. The van der Waals surface area contributed by atoms with Crippen molar-refractivity contribution >= 4 is 17.5 Å². The molecule has 1 unspecified atom stereocenters. The normalized spacial score (nSPS) is 27.9. The molecule has 0 saturated heterocycles. The van der Waals surface area contributed by atoms with E-state index >= 15 is 0 Å². The van der Waals surface area contributed by atoms with Gasteiger partial charge < -0.3 is 10.6 Å². The van der Waals surface area contributed by atoms with Gasteiger partial charge in [0.15, 0.2) is 0 Å². The highest BCUT2D eigenvalue weighted by Gasteiger charge is 2.41. The minimum absolute atomic E-state index is 0.114. The highest BCUT2D eigenvalue weighted by atomic mass is 35.5. The van der Waals surface area contributed by atoms with Crippen LogP contribution >= 0.6 is 11.6 Å². The monoisotopic (exact) mass is 386 g/mol. The van der Waals surface area contributed by atoms with E-state index in [4.69, 9.17) is 17.3 Å². The van der Waals surface area contributed by atoms with Crippen LogP contribution in [-0.4, -0.2) is 29.9 Å². The molecule has 0 aliphatic heterocycles. The minimum Gasteiger partial charge on any atom is -0.340 e. The molecule has 146 valence electrons. The van der Waals surface area contributed by atoms with Gasteiger partial charge in [0, 0.05) is 24.5 Å². The molecule has 3 nitrogen and oxygen atoms in total. The van der Waals surface area contributed by atoms with Gasteiger partial charge >= 0.3 is 0 Å². The van der Waals surface area contributed by atoms with Crippen LogP contribution in [0.4, 0.5) is 0 Å². The molecule has 0 spiro atoms. The van der Waals surface area contributed by atoms with E-state index in [0.29, 0.717) is 18.5 Å². The van der Waals surface area contributed by atoms with Gasteiger partial charge in [-0.3, -0.25) is 4.79 Å². The van der Waals surface area contributed by atoms with Gasteiger partial charge in [0.05, 0.1) is 0 Å². The summed E-state index contributed by atoms with van der Waals surface area (Å²) in [5.74, 6) is 0.593. The largest absolute Gasteiger partial charge is 0.340 e. The van der Waals surface area contributed by atoms with Crippen LogP contribution in [0.25, 0.3) is 0 Å². The second kappa shape index (κ2) is 9.07. The molecule has 1 aromatic rings. The number of carbonyl (C=O) groups is 1. The van der Waals surface area contributed by atoms with E-state index in [1.165, 1.54) is 5.56 Å².